The van der Waals surface area contributed by atoms with Crippen molar-refractivity contribution in [3.63, 3.8) is 0 Å². The van der Waals surface area contributed by atoms with Crippen molar-refractivity contribution in [3.8, 4) is 5.69 Å². The summed E-state index contributed by atoms with van der Waals surface area (Å²) in [6, 6.07) is 11.6. The van der Waals surface area contributed by atoms with Gasteiger partial charge in [0.1, 0.15) is 5.82 Å². The van der Waals surface area contributed by atoms with Gasteiger partial charge in [-0.3, -0.25) is 4.79 Å². The number of carbonyl (C=O) groups excluding carboxylic acids is 1. The third-order valence-electron chi connectivity index (χ3n) is 4.63. The number of aromatic nitrogens is 2. The van der Waals surface area contributed by atoms with Crippen LogP contribution in [0, 0.1) is 19.7 Å². The fourth-order valence-electron chi connectivity index (χ4n) is 3.15. The molecule has 2 aromatic carbocycles. The number of nitrogens with one attached hydrogen (secondary N) is 1. The van der Waals surface area contributed by atoms with Gasteiger partial charge in [-0.05, 0) is 49.7 Å². The van der Waals surface area contributed by atoms with Crippen molar-refractivity contribution < 1.29 is 22.4 Å². The summed E-state index contributed by atoms with van der Waals surface area (Å²) in [6.07, 6.45) is -4.67. The van der Waals surface area contributed by atoms with Crippen molar-refractivity contribution in [2.75, 3.05) is 0 Å². The molecule has 4 nitrogen and oxygen atoms in total. The van der Waals surface area contributed by atoms with Gasteiger partial charge in [0.05, 0.1) is 23.4 Å². The van der Waals surface area contributed by atoms with Crippen LogP contribution in [0.3, 0.4) is 0 Å². The lowest BCUT2D eigenvalue weighted by Crippen LogP contribution is -2.26. The van der Waals surface area contributed by atoms with Gasteiger partial charge in [0, 0.05) is 17.8 Å². The molecule has 3 aromatic rings. The Kier molecular flexibility index (Phi) is 5.72. The van der Waals surface area contributed by atoms with Gasteiger partial charge in [0.2, 0.25) is 5.91 Å². The van der Waals surface area contributed by atoms with E-state index in [-0.39, 0.29) is 12.0 Å². The number of benzene rings is 2. The molecular weight excluding hydrogens is 386 g/mol. The van der Waals surface area contributed by atoms with Crippen molar-refractivity contribution in [3.05, 3.63) is 82.4 Å². The first-order valence-electron chi connectivity index (χ1n) is 8.89. The number of hydrogen-bond acceptors (Lipinski definition) is 2. The summed E-state index contributed by atoms with van der Waals surface area (Å²) < 4.78 is 54.3. The van der Waals surface area contributed by atoms with Crippen LogP contribution in [0.1, 0.15) is 28.1 Å². The zero-order chi connectivity index (χ0) is 21.2. The Bertz CT molecular complexity index is 1030. The largest absolute Gasteiger partial charge is 0.416 e. The van der Waals surface area contributed by atoms with Gasteiger partial charge in [0.25, 0.3) is 0 Å². The molecule has 0 unspecified atom stereocenters. The average Bonchev–Trinajstić information content (AvgIpc) is 2.94. The first kappa shape index (κ1) is 20.6. The van der Waals surface area contributed by atoms with Crippen molar-refractivity contribution in [1.29, 1.82) is 0 Å². The highest BCUT2D eigenvalue weighted by Crippen LogP contribution is 2.32. The van der Waals surface area contributed by atoms with Crippen LogP contribution in [0.2, 0.25) is 0 Å². The van der Waals surface area contributed by atoms with E-state index >= 15 is 0 Å². The van der Waals surface area contributed by atoms with E-state index < -0.39 is 30.0 Å². The molecule has 0 spiro atoms. The standard InChI is InChI=1S/C21H19F4N3O/c1-13-18(14(2)28(27-13)17-6-4-3-5-7-17)11-20(29)26-12-15-10-16(22)8-9-19(15)21(23,24)25/h3-10H,11-12H2,1-2H3,(H,26,29). The first-order valence-corrected chi connectivity index (χ1v) is 8.89. The number of carbonyl (C=O) groups is 1. The summed E-state index contributed by atoms with van der Waals surface area (Å²) in [7, 11) is 0. The normalized spacial score (nSPS) is 11.5. The average molecular weight is 405 g/mol. The maximum Gasteiger partial charge on any atom is 0.416 e. The summed E-state index contributed by atoms with van der Waals surface area (Å²) in [4.78, 5) is 12.4. The minimum atomic E-state index is -4.63. The second-order valence-electron chi connectivity index (χ2n) is 6.65. The minimum absolute atomic E-state index is 0.0405. The molecule has 0 fully saturated rings. The molecule has 1 amide bonds. The molecule has 0 radical (unpaired) electrons. The van der Waals surface area contributed by atoms with Crippen molar-refractivity contribution in [1.82, 2.24) is 15.1 Å². The number of nitrogens with zero attached hydrogens (tertiary/aromatic N) is 2. The molecule has 1 heterocycles. The van der Waals surface area contributed by atoms with Crippen LogP contribution in [-0.4, -0.2) is 15.7 Å². The fourth-order valence-corrected chi connectivity index (χ4v) is 3.15. The maximum absolute atomic E-state index is 13.4. The number of hydrogen-bond donors (Lipinski definition) is 1. The quantitative estimate of drug-likeness (QED) is 0.635. The second kappa shape index (κ2) is 8.06. The van der Waals surface area contributed by atoms with Crippen LogP contribution in [0.25, 0.3) is 5.69 Å². The molecule has 29 heavy (non-hydrogen) atoms. The smallest absolute Gasteiger partial charge is 0.352 e. The summed E-state index contributed by atoms with van der Waals surface area (Å²) in [5, 5.41) is 6.90. The highest BCUT2D eigenvalue weighted by Gasteiger charge is 2.33. The van der Waals surface area contributed by atoms with Crippen molar-refractivity contribution >= 4 is 5.91 Å². The molecule has 3 rings (SSSR count). The Balaban J connectivity index is 1.75. The summed E-state index contributed by atoms with van der Waals surface area (Å²) >= 11 is 0. The number of alkyl halides is 3. The van der Waals surface area contributed by atoms with Crippen LogP contribution in [0.15, 0.2) is 48.5 Å². The molecule has 0 atom stereocenters. The van der Waals surface area contributed by atoms with Gasteiger partial charge < -0.3 is 5.32 Å². The number of halogens is 4. The van der Waals surface area contributed by atoms with Crippen LogP contribution in [0.4, 0.5) is 17.6 Å². The summed E-state index contributed by atoms with van der Waals surface area (Å²) in [5.41, 5.74) is 1.67. The molecule has 152 valence electrons. The van der Waals surface area contributed by atoms with Crippen LogP contribution >= 0.6 is 0 Å². The van der Waals surface area contributed by atoms with E-state index in [1.165, 1.54) is 0 Å². The predicted molar refractivity (Wildman–Crippen MR) is 100.0 cm³/mol. The van der Waals surface area contributed by atoms with Gasteiger partial charge in [-0.2, -0.15) is 18.3 Å². The zero-order valence-corrected chi connectivity index (χ0v) is 15.8. The molecule has 0 bridgehead atoms. The molecular formula is C21H19F4N3O. The van der Waals surface area contributed by atoms with Crippen LogP contribution in [-0.2, 0) is 23.9 Å². The summed E-state index contributed by atoms with van der Waals surface area (Å²) in [6.45, 7) is 3.17. The second-order valence-corrected chi connectivity index (χ2v) is 6.65. The lowest BCUT2D eigenvalue weighted by atomic mass is 10.1. The molecule has 0 aliphatic rings. The Hall–Kier alpha value is -3.16. The van der Waals surface area contributed by atoms with E-state index in [1.807, 2.05) is 37.3 Å². The van der Waals surface area contributed by atoms with E-state index in [0.29, 0.717) is 17.3 Å². The van der Waals surface area contributed by atoms with Gasteiger partial charge in [-0.25, -0.2) is 9.07 Å². The number of rotatable bonds is 5. The van der Waals surface area contributed by atoms with E-state index in [1.54, 1.807) is 11.6 Å². The summed E-state index contributed by atoms with van der Waals surface area (Å²) in [5.74, 6) is -1.26. The van der Waals surface area contributed by atoms with Gasteiger partial charge in [-0.15, -0.1) is 0 Å². The Morgan fingerprint density at radius 2 is 1.79 bits per heavy atom. The number of amides is 1. The van der Waals surface area contributed by atoms with Crippen molar-refractivity contribution in [2.45, 2.75) is 33.0 Å². The van der Waals surface area contributed by atoms with E-state index in [4.69, 9.17) is 0 Å². The molecule has 0 aliphatic carbocycles. The van der Waals surface area contributed by atoms with Crippen LogP contribution < -0.4 is 5.32 Å². The molecule has 1 aromatic heterocycles. The van der Waals surface area contributed by atoms with E-state index in [0.717, 1.165) is 23.5 Å². The molecule has 1 N–H and O–H groups in total. The van der Waals surface area contributed by atoms with Gasteiger partial charge >= 0.3 is 6.18 Å². The van der Waals surface area contributed by atoms with E-state index in [2.05, 4.69) is 10.4 Å². The Labute approximate surface area is 165 Å². The Morgan fingerprint density at radius 1 is 1.10 bits per heavy atom. The lowest BCUT2D eigenvalue weighted by Gasteiger charge is -2.13. The topological polar surface area (TPSA) is 46.9 Å². The molecule has 0 saturated carbocycles. The third kappa shape index (κ3) is 4.64. The van der Waals surface area contributed by atoms with Crippen LogP contribution in [0.5, 0.6) is 0 Å². The highest BCUT2D eigenvalue weighted by molar-refractivity contribution is 5.79. The number of aryl methyl sites for hydroxylation is 1. The van der Waals surface area contributed by atoms with Gasteiger partial charge in [0.15, 0.2) is 0 Å². The lowest BCUT2D eigenvalue weighted by molar-refractivity contribution is -0.138. The first-order chi connectivity index (χ1) is 13.7. The molecule has 8 heteroatoms. The molecule has 0 saturated heterocycles. The highest BCUT2D eigenvalue weighted by atomic mass is 19.4. The SMILES string of the molecule is Cc1nn(-c2ccccc2)c(C)c1CC(=O)NCc1cc(F)ccc1C(F)(F)F. The van der Waals surface area contributed by atoms with Crippen molar-refractivity contribution in [2.24, 2.45) is 0 Å². The fraction of sp³-hybridized carbons (Fsp3) is 0.238. The van der Waals surface area contributed by atoms with E-state index in [9.17, 15) is 22.4 Å². The monoisotopic (exact) mass is 405 g/mol. The minimum Gasteiger partial charge on any atom is -0.352 e. The third-order valence-corrected chi connectivity index (χ3v) is 4.63. The van der Waals surface area contributed by atoms with Gasteiger partial charge in [-0.1, -0.05) is 18.2 Å². The number of para-hydroxylation sites is 1. The maximum atomic E-state index is 13.4. The zero-order valence-electron chi connectivity index (χ0n) is 15.8. The predicted octanol–water partition coefficient (Wildman–Crippen LogP) is 4.51. The Morgan fingerprint density at radius 3 is 2.45 bits per heavy atom. The molecule has 0 aliphatic heterocycles.